The molecule has 10 heteroatoms. The van der Waals surface area contributed by atoms with Gasteiger partial charge in [-0.3, -0.25) is 4.79 Å². The number of fused-ring (bicyclic) bond motifs is 1. The quantitative estimate of drug-likeness (QED) is 0.615. The normalized spacial score (nSPS) is 17.9. The van der Waals surface area contributed by atoms with Crippen LogP contribution in [0.25, 0.3) is 0 Å². The molecule has 0 bridgehead atoms. The average Bonchev–Trinajstić information content (AvgIpc) is 2.77. The van der Waals surface area contributed by atoms with Crippen molar-refractivity contribution in [2.75, 3.05) is 6.61 Å². The Kier molecular flexibility index (Phi) is 6.79. The van der Waals surface area contributed by atoms with E-state index in [1.807, 2.05) is 13.8 Å². The lowest BCUT2D eigenvalue weighted by molar-refractivity contribution is 0.0879. The summed E-state index contributed by atoms with van der Waals surface area (Å²) in [5.74, 6) is 0.276. The van der Waals surface area contributed by atoms with Crippen LogP contribution in [0.3, 0.4) is 0 Å². The number of amidine groups is 1. The van der Waals surface area contributed by atoms with E-state index >= 15 is 0 Å². The molecule has 182 valence electrons. The van der Waals surface area contributed by atoms with Gasteiger partial charge in [0.2, 0.25) is 5.88 Å². The Morgan fingerprint density at radius 2 is 1.97 bits per heavy atom. The van der Waals surface area contributed by atoms with E-state index in [0.717, 1.165) is 25.7 Å². The van der Waals surface area contributed by atoms with Crippen LogP contribution in [-0.2, 0) is 15.8 Å². The van der Waals surface area contributed by atoms with Gasteiger partial charge in [0.25, 0.3) is 15.9 Å². The van der Waals surface area contributed by atoms with Crippen LogP contribution >= 0.6 is 0 Å². The van der Waals surface area contributed by atoms with Crippen LogP contribution in [-0.4, -0.2) is 43.4 Å². The van der Waals surface area contributed by atoms with E-state index in [2.05, 4.69) is 14.7 Å². The van der Waals surface area contributed by atoms with Gasteiger partial charge in [-0.15, -0.1) is 4.40 Å². The monoisotopic (exact) mass is 486 g/mol. The number of hydrogen-bond acceptors (Lipinski definition) is 7. The van der Waals surface area contributed by atoms with Crippen LogP contribution in [0.15, 0.2) is 40.9 Å². The van der Waals surface area contributed by atoms with Crippen molar-refractivity contribution < 1.29 is 22.7 Å². The van der Waals surface area contributed by atoms with E-state index < -0.39 is 15.6 Å². The van der Waals surface area contributed by atoms with Gasteiger partial charge < -0.3 is 20.5 Å². The smallest absolute Gasteiger partial charge is 0.259 e. The first kappa shape index (κ1) is 24.0. The van der Waals surface area contributed by atoms with Gasteiger partial charge in [-0.05, 0) is 57.2 Å². The summed E-state index contributed by atoms with van der Waals surface area (Å²) in [6, 6.07) is 8.40. The highest BCUT2D eigenvalue weighted by Crippen LogP contribution is 2.29. The van der Waals surface area contributed by atoms with Crippen LogP contribution in [0.5, 0.6) is 11.6 Å². The molecule has 0 unspecified atom stereocenters. The summed E-state index contributed by atoms with van der Waals surface area (Å²) in [4.78, 5) is 17.2. The first-order valence-electron chi connectivity index (χ1n) is 11.4. The number of hydrogen-bond donors (Lipinski definition) is 2. The minimum absolute atomic E-state index is 0.0963. The van der Waals surface area contributed by atoms with Crippen LogP contribution in [0.2, 0.25) is 0 Å². The number of pyridine rings is 1. The van der Waals surface area contributed by atoms with Gasteiger partial charge in [-0.2, -0.15) is 0 Å². The van der Waals surface area contributed by atoms with Crippen LogP contribution in [0, 0.1) is 0 Å². The Balaban J connectivity index is 1.41. The maximum absolute atomic E-state index is 12.9. The number of nitrogens with two attached hydrogens (primary N) is 1. The molecule has 0 saturated heterocycles. The molecule has 1 aromatic heterocycles. The standard InChI is InChI=1S/C24H30N4O5S/c1-24(2,15-32-19-10-6-7-17-14-34(30,31)28-22(25)21(17)19)27-23(29)16-11-12-26-20(13-16)33-18-8-4-3-5-9-18/h6-7,10-13,18H,3-5,8-9,14-15H2,1-2H3,(H2,25,28)(H,27,29). The maximum Gasteiger partial charge on any atom is 0.259 e. The van der Waals surface area contributed by atoms with E-state index in [1.165, 1.54) is 6.42 Å². The molecule has 1 amide bonds. The molecule has 1 saturated carbocycles. The summed E-state index contributed by atoms with van der Waals surface area (Å²) < 4.78 is 39.3. The number of ether oxygens (including phenoxy) is 2. The van der Waals surface area contributed by atoms with E-state index in [1.54, 1.807) is 36.5 Å². The Morgan fingerprint density at radius 1 is 1.21 bits per heavy atom. The Hall–Kier alpha value is -3.14. The van der Waals surface area contributed by atoms with Gasteiger partial charge in [0.15, 0.2) is 0 Å². The zero-order valence-electron chi connectivity index (χ0n) is 19.4. The van der Waals surface area contributed by atoms with Crippen molar-refractivity contribution in [2.24, 2.45) is 10.1 Å². The van der Waals surface area contributed by atoms with E-state index in [0.29, 0.717) is 28.3 Å². The second-order valence-corrected chi connectivity index (χ2v) is 11.0. The largest absolute Gasteiger partial charge is 0.490 e. The van der Waals surface area contributed by atoms with Crippen LogP contribution in [0.1, 0.15) is 67.4 Å². The lowest BCUT2D eigenvalue weighted by atomic mass is 9.98. The van der Waals surface area contributed by atoms with Gasteiger partial charge in [0.1, 0.15) is 24.3 Å². The van der Waals surface area contributed by atoms with Gasteiger partial charge >= 0.3 is 0 Å². The molecule has 1 aliphatic carbocycles. The Bertz CT molecular complexity index is 1200. The number of sulfonamides is 1. The second-order valence-electron chi connectivity index (χ2n) is 9.38. The third kappa shape index (κ3) is 5.85. The van der Waals surface area contributed by atoms with Gasteiger partial charge in [0.05, 0.1) is 16.9 Å². The Labute approximate surface area is 199 Å². The van der Waals surface area contributed by atoms with E-state index in [4.69, 9.17) is 15.2 Å². The molecule has 2 heterocycles. The predicted octanol–water partition coefficient (Wildman–Crippen LogP) is 2.93. The van der Waals surface area contributed by atoms with Crippen LogP contribution in [0.4, 0.5) is 0 Å². The topological polar surface area (TPSA) is 133 Å². The van der Waals surface area contributed by atoms with E-state index in [9.17, 15) is 13.2 Å². The molecule has 2 aromatic rings. The predicted molar refractivity (Wildman–Crippen MR) is 129 cm³/mol. The molecule has 1 fully saturated rings. The van der Waals surface area contributed by atoms with E-state index in [-0.39, 0.29) is 30.2 Å². The molecular formula is C24H30N4O5S. The van der Waals surface area contributed by atoms with Gasteiger partial charge in [-0.1, -0.05) is 18.6 Å². The highest BCUT2D eigenvalue weighted by Gasteiger charge is 2.27. The molecule has 34 heavy (non-hydrogen) atoms. The van der Waals surface area contributed by atoms with Crippen molar-refractivity contribution in [3.8, 4) is 11.6 Å². The maximum atomic E-state index is 12.9. The number of amides is 1. The van der Waals surface area contributed by atoms with Crippen molar-refractivity contribution in [3.05, 3.63) is 53.2 Å². The number of nitrogens with zero attached hydrogens (tertiary/aromatic N) is 2. The lowest BCUT2D eigenvalue weighted by Crippen LogP contribution is -2.48. The summed E-state index contributed by atoms with van der Waals surface area (Å²) in [6.45, 7) is 3.80. The molecule has 0 radical (unpaired) electrons. The van der Waals surface area contributed by atoms with Gasteiger partial charge in [0, 0.05) is 17.8 Å². The third-order valence-electron chi connectivity index (χ3n) is 5.82. The molecular weight excluding hydrogens is 456 g/mol. The molecule has 1 aliphatic heterocycles. The number of rotatable bonds is 7. The average molecular weight is 487 g/mol. The van der Waals surface area contributed by atoms with Crippen LogP contribution < -0.4 is 20.5 Å². The van der Waals surface area contributed by atoms with Crippen molar-refractivity contribution in [1.82, 2.24) is 10.3 Å². The minimum atomic E-state index is -3.63. The fraction of sp³-hybridized carbons (Fsp3) is 0.458. The highest BCUT2D eigenvalue weighted by molar-refractivity contribution is 7.89. The molecule has 3 N–H and O–H groups in total. The number of benzene rings is 1. The number of aromatic nitrogens is 1. The second kappa shape index (κ2) is 9.61. The summed E-state index contributed by atoms with van der Waals surface area (Å²) in [5.41, 5.74) is 6.63. The minimum Gasteiger partial charge on any atom is -0.490 e. The fourth-order valence-corrected chi connectivity index (χ4v) is 5.26. The molecule has 4 rings (SSSR count). The Morgan fingerprint density at radius 3 is 2.74 bits per heavy atom. The third-order valence-corrected chi connectivity index (χ3v) is 6.97. The van der Waals surface area contributed by atoms with Gasteiger partial charge in [-0.25, -0.2) is 13.4 Å². The highest BCUT2D eigenvalue weighted by atomic mass is 32.2. The number of nitrogens with one attached hydrogen (secondary N) is 1. The fourth-order valence-electron chi connectivity index (χ4n) is 4.17. The summed E-state index contributed by atoms with van der Waals surface area (Å²) in [7, 11) is -3.63. The molecule has 1 aromatic carbocycles. The van der Waals surface area contributed by atoms with Crippen molar-refractivity contribution in [2.45, 2.75) is 63.3 Å². The SMILES string of the molecule is CC(C)(COc1cccc2c1C(N)=NS(=O)(=O)C2)NC(=O)c1ccnc(OC2CCCCC2)c1. The zero-order chi connectivity index (χ0) is 24.3. The summed E-state index contributed by atoms with van der Waals surface area (Å²) in [5, 5.41) is 2.97. The van der Waals surface area contributed by atoms with Crippen molar-refractivity contribution in [1.29, 1.82) is 0 Å². The molecule has 0 atom stereocenters. The first-order valence-corrected chi connectivity index (χ1v) is 13.0. The number of carbonyl (C=O) groups is 1. The molecule has 0 spiro atoms. The molecule has 2 aliphatic rings. The molecule has 9 nitrogen and oxygen atoms in total. The zero-order valence-corrected chi connectivity index (χ0v) is 20.2. The number of carbonyl (C=O) groups excluding carboxylic acids is 1. The summed E-state index contributed by atoms with van der Waals surface area (Å²) in [6.07, 6.45) is 7.26. The van der Waals surface area contributed by atoms with Crippen molar-refractivity contribution >= 4 is 21.8 Å². The summed E-state index contributed by atoms with van der Waals surface area (Å²) >= 11 is 0. The van der Waals surface area contributed by atoms with Crippen molar-refractivity contribution in [3.63, 3.8) is 0 Å². The lowest BCUT2D eigenvalue weighted by Gasteiger charge is -2.28. The first-order chi connectivity index (χ1) is 16.1.